The zero-order valence-electron chi connectivity index (χ0n) is 12.0. The predicted molar refractivity (Wildman–Crippen MR) is 78.7 cm³/mol. The van der Waals surface area contributed by atoms with Gasteiger partial charge in [-0.15, -0.1) is 0 Å². The van der Waals surface area contributed by atoms with Crippen molar-refractivity contribution in [1.82, 2.24) is 15.1 Å². The van der Waals surface area contributed by atoms with Gasteiger partial charge in [0, 0.05) is 30.7 Å². The van der Waals surface area contributed by atoms with Gasteiger partial charge in [0.1, 0.15) is 6.04 Å². The lowest BCUT2D eigenvalue weighted by Crippen LogP contribution is -2.41. The SMILES string of the molecule is CCc1cc(CSC[C@H](NC(C)=O)C(=O)O)n(CC)n1. The molecule has 1 atom stereocenters. The maximum Gasteiger partial charge on any atom is 0.327 e. The Morgan fingerprint density at radius 1 is 1.50 bits per heavy atom. The largest absolute Gasteiger partial charge is 0.480 e. The number of carbonyl (C=O) groups excluding carboxylic acids is 1. The first-order valence-electron chi connectivity index (χ1n) is 6.61. The summed E-state index contributed by atoms with van der Waals surface area (Å²) >= 11 is 1.48. The highest BCUT2D eigenvalue weighted by Gasteiger charge is 2.18. The second-order valence-corrected chi connectivity index (χ2v) is 5.43. The van der Waals surface area contributed by atoms with Gasteiger partial charge in [0.2, 0.25) is 5.91 Å². The maximum atomic E-state index is 11.0. The zero-order chi connectivity index (χ0) is 15.1. The number of carboxylic acids is 1. The Balaban J connectivity index is 2.55. The number of thioether (sulfide) groups is 1. The third-order valence-corrected chi connectivity index (χ3v) is 3.85. The molecular weight excluding hydrogens is 278 g/mol. The molecular formula is C13H21N3O3S. The van der Waals surface area contributed by atoms with Crippen LogP contribution in [0.15, 0.2) is 6.07 Å². The predicted octanol–water partition coefficient (Wildman–Crippen LogP) is 1.29. The Bertz CT molecular complexity index is 473. The van der Waals surface area contributed by atoms with Crippen molar-refractivity contribution in [3.8, 4) is 0 Å². The van der Waals surface area contributed by atoms with Crippen LogP contribution >= 0.6 is 11.8 Å². The van der Waals surface area contributed by atoms with Gasteiger partial charge in [-0.3, -0.25) is 9.48 Å². The average molecular weight is 299 g/mol. The molecule has 1 aromatic heterocycles. The van der Waals surface area contributed by atoms with Gasteiger partial charge < -0.3 is 10.4 Å². The quantitative estimate of drug-likeness (QED) is 0.755. The number of aryl methyl sites for hydroxylation is 2. The number of hydrogen-bond donors (Lipinski definition) is 2. The van der Waals surface area contributed by atoms with Crippen LogP contribution in [0, 0.1) is 0 Å². The van der Waals surface area contributed by atoms with E-state index in [4.69, 9.17) is 5.11 Å². The molecule has 112 valence electrons. The van der Waals surface area contributed by atoms with Crippen molar-refractivity contribution in [3.63, 3.8) is 0 Å². The second kappa shape index (κ2) is 7.94. The van der Waals surface area contributed by atoms with E-state index in [0.717, 1.165) is 24.4 Å². The number of amides is 1. The van der Waals surface area contributed by atoms with E-state index >= 15 is 0 Å². The summed E-state index contributed by atoms with van der Waals surface area (Å²) in [6.45, 7) is 6.19. The van der Waals surface area contributed by atoms with Crippen molar-refractivity contribution in [2.75, 3.05) is 5.75 Å². The summed E-state index contributed by atoms with van der Waals surface area (Å²) < 4.78 is 1.93. The second-order valence-electron chi connectivity index (χ2n) is 4.40. The Kier molecular flexibility index (Phi) is 6.57. The van der Waals surface area contributed by atoms with Crippen LogP contribution in [0.4, 0.5) is 0 Å². The normalized spacial score (nSPS) is 12.2. The highest BCUT2D eigenvalue weighted by molar-refractivity contribution is 7.98. The topological polar surface area (TPSA) is 84.2 Å². The Morgan fingerprint density at radius 3 is 2.70 bits per heavy atom. The van der Waals surface area contributed by atoms with E-state index in [1.807, 2.05) is 17.7 Å². The first-order valence-corrected chi connectivity index (χ1v) is 7.76. The van der Waals surface area contributed by atoms with E-state index < -0.39 is 12.0 Å². The first kappa shape index (κ1) is 16.6. The van der Waals surface area contributed by atoms with Crippen LogP contribution in [0.1, 0.15) is 32.2 Å². The minimum atomic E-state index is -1.01. The Morgan fingerprint density at radius 2 is 2.20 bits per heavy atom. The summed E-state index contributed by atoms with van der Waals surface area (Å²) in [6.07, 6.45) is 0.883. The molecule has 0 aliphatic heterocycles. The summed E-state index contributed by atoms with van der Waals surface area (Å²) in [4.78, 5) is 21.9. The fourth-order valence-electron chi connectivity index (χ4n) is 1.78. The van der Waals surface area contributed by atoms with Crippen LogP contribution in [0.3, 0.4) is 0 Å². The van der Waals surface area contributed by atoms with E-state index in [2.05, 4.69) is 17.3 Å². The lowest BCUT2D eigenvalue weighted by atomic mass is 10.3. The highest BCUT2D eigenvalue weighted by atomic mass is 32.2. The summed E-state index contributed by atoms with van der Waals surface area (Å²) in [6, 6.07) is 1.20. The molecule has 1 amide bonds. The molecule has 0 saturated carbocycles. The molecule has 1 rings (SSSR count). The molecule has 1 heterocycles. The molecule has 0 unspecified atom stereocenters. The van der Waals surface area contributed by atoms with Crippen LogP contribution in [0.2, 0.25) is 0 Å². The molecule has 0 fully saturated rings. The number of hydrogen-bond acceptors (Lipinski definition) is 4. The standard InChI is InChI=1S/C13H21N3O3S/c1-4-10-6-11(16(5-2)15-10)7-20-8-12(13(18)19)14-9(3)17/h6,12H,4-5,7-8H2,1-3H3,(H,14,17)(H,18,19)/t12-/m0/s1. The van der Waals surface area contributed by atoms with Gasteiger partial charge in [-0.25, -0.2) is 4.79 Å². The summed E-state index contributed by atoms with van der Waals surface area (Å²) in [5.74, 6) is -0.314. The summed E-state index contributed by atoms with van der Waals surface area (Å²) in [7, 11) is 0. The molecule has 7 heteroatoms. The van der Waals surface area contributed by atoms with Crippen LogP contribution in [-0.4, -0.2) is 38.6 Å². The van der Waals surface area contributed by atoms with Crippen molar-refractivity contribution in [1.29, 1.82) is 0 Å². The molecule has 2 N–H and O–H groups in total. The molecule has 0 bridgehead atoms. The summed E-state index contributed by atoms with van der Waals surface area (Å²) in [5, 5.41) is 15.9. The van der Waals surface area contributed by atoms with Gasteiger partial charge in [0.25, 0.3) is 0 Å². The fraction of sp³-hybridized carbons (Fsp3) is 0.615. The lowest BCUT2D eigenvalue weighted by molar-refractivity contribution is -0.140. The van der Waals surface area contributed by atoms with Gasteiger partial charge in [-0.2, -0.15) is 16.9 Å². The number of aromatic nitrogens is 2. The van der Waals surface area contributed by atoms with Crippen LogP contribution in [0.25, 0.3) is 0 Å². The highest BCUT2D eigenvalue weighted by Crippen LogP contribution is 2.15. The first-order chi connectivity index (χ1) is 9.47. The molecule has 0 aliphatic rings. The van der Waals surface area contributed by atoms with Crippen molar-refractivity contribution in [2.24, 2.45) is 0 Å². The Labute approximate surface area is 122 Å². The van der Waals surface area contributed by atoms with Gasteiger partial charge in [-0.05, 0) is 19.4 Å². The summed E-state index contributed by atoms with van der Waals surface area (Å²) in [5.41, 5.74) is 2.13. The minimum Gasteiger partial charge on any atom is -0.480 e. The third kappa shape index (κ3) is 4.88. The van der Waals surface area contributed by atoms with E-state index in [-0.39, 0.29) is 5.91 Å². The molecule has 0 aromatic carbocycles. The van der Waals surface area contributed by atoms with E-state index in [0.29, 0.717) is 11.5 Å². The van der Waals surface area contributed by atoms with Gasteiger partial charge in [-0.1, -0.05) is 6.92 Å². The molecule has 0 spiro atoms. The van der Waals surface area contributed by atoms with Gasteiger partial charge >= 0.3 is 5.97 Å². The van der Waals surface area contributed by atoms with Gasteiger partial charge in [0.15, 0.2) is 0 Å². The number of nitrogens with one attached hydrogen (secondary N) is 1. The Hall–Kier alpha value is -1.50. The lowest BCUT2D eigenvalue weighted by Gasteiger charge is -2.12. The van der Waals surface area contributed by atoms with Crippen molar-refractivity contribution < 1.29 is 14.7 Å². The van der Waals surface area contributed by atoms with Crippen molar-refractivity contribution >= 4 is 23.6 Å². The zero-order valence-corrected chi connectivity index (χ0v) is 12.9. The average Bonchev–Trinajstić information content (AvgIpc) is 2.79. The molecule has 1 aromatic rings. The third-order valence-electron chi connectivity index (χ3n) is 2.79. The van der Waals surface area contributed by atoms with Crippen molar-refractivity contribution in [2.45, 2.75) is 45.5 Å². The number of carboxylic acid groups (broad SMARTS) is 1. The van der Waals surface area contributed by atoms with Crippen molar-refractivity contribution in [3.05, 3.63) is 17.5 Å². The molecule has 0 aliphatic carbocycles. The van der Waals surface area contributed by atoms with Gasteiger partial charge in [0.05, 0.1) is 5.69 Å². The fourth-order valence-corrected chi connectivity index (χ4v) is 2.80. The number of aliphatic carboxylic acids is 1. The molecule has 20 heavy (non-hydrogen) atoms. The van der Waals surface area contributed by atoms with E-state index in [9.17, 15) is 9.59 Å². The molecule has 0 radical (unpaired) electrons. The van der Waals surface area contributed by atoms with Crippen LogP contribution in [0.5, 0.6) is 0 Å². The number of nitrogens with zero attached hydrogens (tertiary/aromatic N) is 2. The molecule has 0 saturated heterocycles. The smallest absolute Gasteiger partial charge is 0.327 e. The van der Waals surface area contributed by atoms with E-state index in [1.165, 1.54) is 18.7 Å². The molecule has 6 nitrogen and oxygen atoms in total. The number of rotatable bonds is 8. The minimum absolute atomic E-state index is 0.329. The van der Waals surface area contributed by atoms with Crippen LogP contribution in [-0.2, 0) is 28.3 Å². The maximum absolute atomic E-state index is 11.0. The van der Waals surface area contributed by atoms with Crippen LogP contribution < -0.4 is 5.32 Å². The monoisotopic (exact) mass is 299 g/mol. The number of carbonyl (C=O) groups is 2. The van der Waals surface area contributed by atoms with E-state index in [1.54, 1.807) is 0 Å².